The second-order valence-corrected chi connectivity index (χ2v) is 11.1. The predicted octanol–water partition coefficient (Wildman–Crippen LogP) is 6.21. The Balaban J connectivity index is 1.50. The number of ketones is 1. The maximum absolute atomic E-state index is 11.9. The van der Waals surface area contributed by atoms with Crippen LogP contribution in [0.1, 0.15) is 72.6 Å². The highest BCUT2D eigenvalue weighted by Gasteiger charge is 2.58. The number of carboxylic acid groups (broad SMARTS) is 1. The molecule has 1 N–H and O–H groups in total. The minimum Gasteiger partial charge on any atom is -0.481 e. The second kappa shape index (κ2) is 7.80. The highest BCUT2D eigenvalue weighted by molar-refractivity contribution is 6.01. The Morgan fingerprint density at radius 1 is 1.20 bits per heavy atom. The Hall–Kier alpha value is -1.64. The van der Waals surface area contributed by atoms with E-state index in [1.54, 1.807) is 6.92 Å². The molecule has 4 aliphatic carbocycles. The smallest absolute Gasteiger partial charge is 0.306 e. The fourth-order valence-electron chi connectivity index (χ4n) is 7.83. The Morgan fingerprint density at radius 3 is 2.70 bits per heavy atom. The van der Waals surface area contributed by atoms with Crippen molar-refractivity contribution in [3.8, 4) is 0 Å². The molecule has 0 bridgehead atoms. The maximum atomic E-state index is 11.9. The standard InChI is InChI=1S/C27H38O3/c1-17(6-5-7-18(2)25(29)30)22-10-11-23-21-9-8-19-16-20(28)12-14-26(19,3)24(21)13-15-27(22,23)4/h5-6,12,14,16-18,21-24H,7-11,13,15H2,1-4H3,(H,29,30)/t17-,18-,21+,22-,23+,24+,26+,27-/m1/s1. The van der Waals surface area contributed by atoms with Crippen LogP contribution in [0.25, 0.3) is 0 Å². The lowest BCUT2D eigenvalue weighted by Crippen LogP contribution is -2.50. The van der Waals surface area contributed by atoms with Crippen molar-refractivity contribution in [1.29, 1.82) is 0 Å². The van der Waals surface area contributed by atoms with Crippen molar-refractivity contribution in [1.82, 2.24) is 0 Å². The molecule has 0 heterocycles. The molecule has 0 aromatic rings. The van der Waals surface area contributed by atoms with Crippen molar-refractivity contribution < 1.29 is 14.7 Å². The van der Waals surface area contributed by atoms with E-state index in [1.807, 2.05) is 12.2 Å². The van der Waals surface area contributed by atoms with E-state index in [4.69, 9.17) is 5.11 Å². The monoisotopic (exact) mass is 410 g/mol. The van der Waals surface area contributed by atoms with Gasteiger partial charge in [0.1, 0.15) is 0 Å². The SMILES string of the molecule is C[C@H](CC=C[C@@H](C)[C@H]1CC[C@H]2[C@@H]3CCC4=CC(=O)C=C[C@]4(C)[C@H]3CC[C@]12C)C(=O)O. The number of hydrogen-bond donors (Lipinski definition) is 1. The highest BCUT2D eigenvalue weighted by Crippen LogP contribution is 2.66. The highest BCUT2D eigenvalue weighted by atomic mass is 16.4. The molecule has 3 fully saturated rings. The third kappa shape index (κ3) is 3.42. The topological polar surface area (TPSA) is 54.4 Å². The summed E-state index contributed by atoms with van der Waals surface area (Å²) in [7, 11) is 0. The molecule has 3 saturated carbocycles. The molecule has 30 heavy (non-hydrogen) atoms. The van der Waals surface area contributed by atoms with Crippen molar-refractivity contribution in [3.05, 3.63) is 36.0 Å². The van der Waals surface area contributed by atoms with E-state index >= 15 is 0 Å². The largest absolute Gasteiger partial charge is 0.481 e. The summed E-state index contributed by atoms with van der Waals surface area (Å²) in [5.41, 5.74) is 1.84. The summed E-state index contributed by atoms with van der Waals surface area (Å²) in [6.07, 6.45) is 18.4. The van der Waals surface area contributed by atoms with Gasteiger partial charge in [0.2, 0.25) is 0 Å². The fraction of sp³-hybridized carbons (Fsp3) is 0.704. The fourth-order valence-corrected chi connectivity index (χ4v) is 7.83. The average Bonchev–Trinajstić information content (AvgIpc) is 3.05. The van der Waals surface area contributed by atoms with Crippen molar-refractivity contribution in [2.24, 2.45) is 46.3 Å². The molecular weight excluding hydrogens is 372 g/mol. The van der Waals surface area contributed by atoms with E-state index in [9.17, 15) is 9.59 Å². The number of aliphatic carboxylic acids is 1. The summed E-state index contributed by atoms with van der Waals surface area (Å²) < 4.78 is 0. The summed E-state index contributed by atoms with van der Waals surface area (Å²) in [5.74, 6) is 2.54. The lowest BCUT2D eigenvalue weighted by atomic mass is 9.47. The molecule has 0 aliphatic heterocycles. The van der Waals surface area contributed by atoms with Gasteiger partial charge >= 0.3 is 5.97 Å². The molecule has 0 radical (unpaired) electrons. The summed E-state index contributed by atoms with van der Waals surface area (Å²) in [5, 5.41) is 9.12. The van der Waals surface area contributed by atoms with E-state index < -0.39 is 5.97 Å². The third-order valence-corrected chi connectivity index (χ3v) is 9.62. The quantitative estimate of drug-likeness (QED) is 0.548. The first-order chi connectivity index (χ1) is 14.2. The minimum atomic E-state index is -0.712. The predicted molar refractivity (Wildman–Crippen MR) is 120 cm³/mol. The lowest BCUT2D eigenvalue weighted by molar-refractivity contribution is -0.141. The minimum absolute atomic E-state index is 0.0781. The zero-order chi connectivity index (χ0) is 21.7. The van der Waals surface area contributed by atoms with Gasteiger partial charge in [-0.15, -0.1) is 0 Å². The first kappa shape index (κ1) is 21.6. The van der Waals surface area contributed by atoms with Crippen LogP contribution in [0.4, 0.5) is 0 Å². The molecule has 3 heteroatoms. The van der Waals surface area contributed by atoms with E-state index in [0.29, 0.717) is 29.6 Å². The number of carboxylic acids is 1. The van der Waals surface area contributed by atoms with Crippen LogP contribution in [0.5, 0.6) is 0 Å². The number of carbonyl (C=O) groups excluding carboxylic acids is 1. The number of allylic oxidation sites excluding steroid dienone is 6. The maximum Gasteiger partial charge on any atom is 0.306 e. The van der Waals surface area contributed by atoms with Crippen LogP contribution in [0.3, 0.4) is 0 Å². The van der Waals surface area contributed by atoms with Crippen LogP contribution in [0.15, 0.2) is 36.0 Å². The number of fused-ring (bicyclic) bond motifs is 5. The van der Waals surface area contributed by atoms with Crippen LogP contribution >= 0.6 is 0 Å². The van der Waals surface area contributed by atoms with Gasteiger partial charge in [0.05, 0.1) is 5.92 Å². The first-order valence-electron chi connectivity index (χ1n) is 12.0. The summed E-state index contributed by atoms with van der Waals surface area (Å²) in [6, 6.07) is 0. The molecule has 8 atom stereocenters. The van der Waals surface area contributed by atoms with Crippen molar-refractivity contribution in [2.75, 3.05) is 0 Å². The normalized spacial score (nSPS) is 42.3. The van der Waals surface area contributed by atoms with Gasteiger partial charge in [-0.2, -0.15) is 0 Å². The molecule has 3 nitrogen and oxygen atoms in total. The molecule has 0 spiro atoms. The molecule has 0 amide bonds. The Morgan fingerprint density at radius 2 is 1.97 bits per heavy atom. The Bertz CT molecular complexity index is 805. The van der Waals surface area contributed by atoms with Crippen LogP contribution in [0.2, 0.25) is 0 Å². The third-order valence-electron chi connectivity index (χ3n) is 9.62. The average molecular weight is 411 g/mol. The van der Waals surface area contributed by atoms with E-state index in [-0.39, 0.29) is 17.1 Å². The van der Waals surface area contributed by atoms with Gasteiger partial charge in [0.15, 0.2) is 5.78 Å². The van der Waals surface area contributed by atoms with Crippen LogP contribution in [0, 0.1) is 46.3 Å². The van der Waals surface area contributed by atoms with E-state index in [1.165, 1.54) is 37.7 Å². The molecule has 4 aliphatic rings. The number of hydrogen-bond acceptors (Lipinski definition) is 2. The molecule has 0 aromatic heterocycles. The van der Waals surface area contributed by atoms with Gasteiger partial charge in [0.25, 0.3) is 0 Å². The first-order valence-corrected chi connectivity index (χ1v) is 12.0. The van der Waals surface area contributed by atoms with Crippen LogP contribution < -0.4 is 0 Å². The molecule has 4 rings (SSSR count). The Labute approximate surface area is 181 Å². The van der Waals surface area contributed by atoms with Crippen LogP contribution in [-0.2, 0) is 9.59 Å². The van der Waals surface area contributed by atoms with Crippen LogP contribution in [-0.4, -0.2) is 16.9 Å². The van der Waals surface area contributed by atoms with E-state index in [0.717, 1.165) is 18.3 Å². The lowest BCUT2D eigenvalue weighted by Gasteiger charge is -2.57. The second-order valence-electron chi connectivity index (χ2n) is 11.1. The summed E-state index contributed by atoms with van der Waals surface area (Å²) in [6.45, 7) is 9.04. The zero-order valence-electron chi connectivity index (χ0n) is 19.1. The number of rotatable bonds is 5. The van der Waals surface area contributed by atoms with Gasteiger partial charge in [-0.3, -0.25) is 9.59 Å². The van der Waals surface area contributed by atoms with Crippen molar-refractivity contribution in [2.45, 2.75) is 72.6 Å². The van der Waals surface area contributed by atoms with Gasteiger partial charge in [0, 0.05) is 5.41 Å². The number of carbonyl (C=O) groups is 2. The molecule has 0 saturated heterocycles. The molecular formula is C27H38O3. The summed E-state index contributed by atoms with van der Waals surface area (Å²) >= 11 is 0. The summed E-state index contributed by atoms with van der Waals surface area (Å²) in [4.78, 5) is 23.0. The van der Waals surface area contributed by atoms with Gasteiger partial charge in [-0.05, 0) is 92.1 Å². The molecule has 164 valence electrons. The zero-order valence-corrected chi connectivity index (χ0v) is 19.1. The Kier molecular flexibility index (Phi) is 5.61. The van der Waals surface area contributed by atoms with Gasteiger partial charge in [-0.1, -0.05) is 51.5 Å². The molecule has 0 aromatic carbocycles. The van der Waals surface area contributed by atoms with E-state index in [2.05, 4.69) is 39.0 Å². The van der Waals surface area contributed by atoms with Crippen molar-refractivity contribution in [3.63, 3.8) is 0 Å². The van der Waals surface area contributed by atoms with Gasteiger partial charge < -0.3 is 5.11 Å². The molecule has 0 unspecified atom stereocenters. The van der Waals surface area contributed by atoms with Crippen molar-refractivity contribution >= 4 is 11.8 Å². The van der Waals surface area contributed by atoms with Gasteiger partial charge in [-0.25, -0.2) is 0 Å².